The molecule has 19 heavy (non-hydrogen) atoms. The largest absolute Gasteiger partial charge is 0.410 e. The van der Waals surface area contributed by atoms with Crippen molar-refractivity contribution in [1.82, 2.24) is 4.73 Å². The monoisotopic (exact) mass is 259 g/mol. The molecule has 4 aliphatic carbocycles. The van der Waals surface area contributed by atoms with E-state index in [4.69, 9.17) is 4.84 Å². The molecular weight excluding hydrogens is 238 g/mol. The molecule has 0 aromatic carbocycles. The maximum atomic E-state index is 11.7. The first kappa shape index (κ1) is 11.6. The Morgan fingerprint density at radius 1 is 1.11 bits per heavy atom. The van der Waals surface area contributed by atoms with Gasteiger partial charge in [0.25, 0.3) is 5.56 Å². The predicted octanol–water partition coefficient (Wildman–Crippen LogP) is 2.49. The first-order chi connectivity index (χ1) is 9.22. The van der Waals surface area contributed by atoms with E-state index >= 15 is 0 Å². The van der Waals surface area contributed by atoms with Gasteiger partial charge in [-0.25, -0.2) is 0 Å². The minimum absolute atomic E-state index is 0.0628. The molecule has 0 radical (unpaired) electrons. The van der Waals surface area contributed by atoms with E-state index in [1.807, 2.05) is 6.07 Å². The van der Waals surface area contributed by atoms with Crippen molar-refractivity contribution < 1.29 is 4.84 Å². The first-order valence-corrected chi connectivity index (χ1v) is 7.53. The van der Waals surface area contributed by atoms with E-state index in [0.29, 0.717) is 5.41 Å². The van der Waals surface area contributed by atoms with Crippen molar-refractivity contribution in [2.24, 2.45) is 23.2 Å². The highest BCUT2D eigenvalue weighted by atomic mass is 16.7. The van der Waals surface area contributed by atoms with E-state index in [0.717, 1.165) is 24.4 Å². The van der Waals surface area contributed by atoms with Gasteiger partial charge in [-0.15, -0.1) is 0 Å². The number of hydrogen-bond acceptors (Lipinski definition) is 2. The second-order valence-electron chi connectivity index (χ2n) is 7.06. The minimum Gasteiger partial charge on any atom is -0.410 e. The molecule has 0 spiro atoms. The third kappa shape index (κ3) is 1.99. The molecule has 1 aromatic rings. The molecule has 1 heterocycles. The van der Waals surface area contributed by atoms with Crippen LogP contribution in [0, 0.1) is 23.2 Å². The molecule has 3 heteroatoms. The van der Waals surface area contributed by atoms with Crippen molar-refractivity contribution >= 4 is 0 Å². The Kier molecular flexibility index (Phi) is 2.51. The van der Waals surface area contributed by atoms with E-state index in [1.54, 1.807) is 18.3 Å². The summed E-state index contributed by atoms with van der Waals surface area (Å²) in [6, 6.07) is 5.16. The molecule has 4 fully saturated rings. The summed E-state index contributed by atoms with van der Waals surface area (Å²) in [6.07, 6.45) is 10.0. The molecule has 0 atom stereocenters. The summed E-state index contributed by atoms with van der Waals surface area (Å²) >= 11 is 0. The van der Waals surface area contributed by atoms with E-state index in [2.05, 4.69) is 0 Å². The van der Waals surface area contributed by atoms with Crippen molar-refractivity contribution in [3.05, 3.63) is 34.7 Å². The van der Waals surface area contributed by atoms with E-state index < -0.39 is 0 Å². The minimum atomic E-state index is -0.0628. The third-order valence-corrected chi connectivity index (χ3v) is 5.46. The van der Waals surface area contributed by atoms with Crippen LogP contribution in [0.3, 0.4) is 0 Å². The fraction of sp³-hybridized carbons (Fsp3) is 0.688. The van der Waals surface area contributed by atoms with Crippen LogP contribution in [0.25, 0.3) is 0 Å². The predicted molar refractivity (Wildman–Crippen MR) is 72.8 cm³/mol. The lowest BCUT2D eigenvalue weighted by Crippen LogP contribution is -2.50. The summed E-state index contributed by atoms with van der Waals surface area (Å²) in [5, 5.41) is 0. The van der Waals surface area contributed by atoms with Gasteiger partial charge in [0.1, 0.15) is 6.61 Å². The van der Waals surface area contributed by atoms with Crippen molar-refractivity contribution in [3.8, 4) is 0 Å². The zero-order valence-corrected chi connectivity index (χ0v) is 11.3. The van der Waals surface area contributed by atoms with Gasteiger partial charge in [-0.2, -0.15) is 4.73 Å². The van der Waals surface area contributed by atoms with Crippen LogP contribution in [-0.4, -0.2) is 11.3 Å². The van der Waals surface area contributed by atoms with Crippen LogP contribution >= 0.6 is 0 Å². The van der Waals surface area contributed by atoms with Gasteiger partial charge in [-0.3, -0.25) is 4.79 Å². The van der Waals surface area contributed by atoms with Crippen LogP contribution in [0.5, 0.6) is 0 Å². The Morgan fingerprint density at radius 3 is 2.32 bits per heavy atom. The van der Waals surface area contributed by atoms with Gasteiger partial charge in [-0.05, 0) is 62.3 Å². The lowest BCUT2D eigenvalue weighted by atomic mass is 9.50. The van der Waals surface area contributed by atoms with Gasteiger partial charge >= 0.3 is 0 Å². The fourth-order valence-corrected chi connectivity index (χ4v) is 5.19. The molecule has 0 aliphatic heterocycles. The van der Waals surface area contributed by atoms with E-state index in [1.165, 1.54) is 43.3 Å². The highest BCUT2D eigenvalue weighted by Crippen LogP contribution is 2.59. The molecule has 3 nitrogen and oxygen atoms in total. The molecule has 0 saturated heterocycles. The van der Waals surface area contributed by atoms with Crippen LogP contribution in [0.15, 0.2) is 29.2 Å². The lowest BCUT2D eigenvalue weighted by molar-refractivity contribution is -0.0994. The summed E-state index contributed by atoms with van der Waals surface area (Å²) in [6.45, 7) is 0.723. The maximum Gasteiger partial charge on any atom is 0.282 e. The van der Waals surface area contributed by atoms with Gasteiger partial charge < -0.3 is 4.84 Å². The summed E-state index contributed by atoms with van der Waals surface area (Å²) in [7, 11) is 0. The highest BCUT2D eigenvalue weighted by molar-refractivity contribution is 5.01. The van der Waals surface area contributed by atoms with Crippen molar-refractivity contribution in [2.75, 3.05) is 6.61 Å². The van der Waals surface area contributed by atoms with Gasteiger partial charge in [0.2, 0.25) is 0 Å². The van der Waals surface area contributed by atoms with Gasteiger partial charge in [0, 0.05) is 17.7 Å². The van der Waals surface area contributed by atoms with E-state index in [9.17, 15) is 4.79 Å². The molecule has 0 unspecified atom stereocenters. The second-order valence-corrected chi connectivity index (χ2v) is 7.06. The molecule has 4 bridgehead atoms. The summed E-state index contributed by atoms with van der Waals surface area (Å²) in [4.78, 5) is 17.5. The summed E-state index contributed by atoms with van der Waals surface area (Å²) in [5.41, 5.74) is 0.302. The Bertz CT molecular complexity index is 498. The van der Waals surface area contributed by atoms with Crippen LogP contribution in [0.2, 0.25) is 0 Å². The number of aromatic nitrogens is 1. The topological polar surface area (TPSA) is 31.2 Å². The highest BCUT2D eigenvalue weighted by Gasteiger charge is 2.51. The van der Waals surface area contributed by atoms with Crippen LogP contribution in [0.4, 0.5) is 0 Å². The van der Waals surface area contributed by atoms with Crippen LogP contribution in [-0.2, 0) is 0 Å². The first-order valence-electron chi connectivity index (χ1n) is 7.53. The summed E-state index contributed by atoms with van der Waals surface area (Å²) in [5.74, 6) is 2.80. The van der Waals surface area contributed by atoms with Gasteiger partial charge in [-0.1, -0.05) is 6.07 Å². The molecule has 5 rings (SSSR count). The number of rotatable bonds is 3. The second kappa shape index (κ2) is 4.12. The quantitative estimate of drug-likeness (QED) is 0.835. The zero-order valence-electron chi connectivity index (χ0n) is 11.3. The smallest absolute Gasteiger partial charge is 0.282 e. The number of pyridine rings is 1. The standard InChI is InChI=1S/C16H21NO2/c18-15-3-1-2-4-17(15)19-11-16-8-12-5-13(9-16)7-14(6-12)10-16/h1-4,12-14H,5-11H2. The fourth-order valence-electron chi connectivity index (χ4n) is 5.19. The molecule has 0 amide bonds. The third-order valence-electron chi connectivity index (χ3n) is 5.46. The number of hydrogen-bond donors (Lipinski definition) is 0. The zero-order chi connectivity index (χ0) is 12.9. The Labute approximate surface area is 113 Å². The van der Waals surface area contributed by atoms with Crippen molar-refractivity contribution in [3.63, 3.8) is 0 Å². The SMILES string of the molecule is O=c1ccccn1OCC12CC3CC(CC(C3)C1)C2. The van der Waals surface area contributed by atoms with Crippen molar-refractivity contribution in [2.45, 2.75) is 38.5 Å². The van der Waals surface area contributed by atoms with Gasteiger partial charge in [0.05, 0.1) is 0 Å². The van der Waals surface area contributed by atoms with Crippen molar-refractivity contribution in [1.29, 1.82) is 0 Å². The molecule has 1 aromatic heterocycles. The molecule has 4 aliphatic rings. The molecule has 102 valence electrons. The Balaban J connectivity index is 1.51. The maximum absolute atomic E-state index is 11.7. The average Bonchev–Trinajstić information content (AvgIpc) is 2.36. The lowest BCUT2D eigenvalue weighted by Gasteiger charge is -2.56. The van der Waals surface area contributed by atoms with E-state index in [-0.39, 0.29) is 5.56 Å². The molecule has 4 saturated carbocycles. The van der Waals surface area contributed by atoms with Crippen LogP contribution in [0.1, 0.15) is 38.5 Å². The Morgan fingerprint density at radius 2 is 1.74 bits per heavy atom. The normalized spacial score (nSPS) is 39.5. The number of nitrogens with zero attached hydrogens (tertiary/aromatic N) is 1. The Hall–Kier alpha value is -1.25. The van der Waals surface area contributed by atoms with Gasteiger partial charge in [0.15, 0.2) is 0 Å². The molecule has 0 N–H and O–H groups in total. The average molecular weight is 259 g/mol. The van der Waals surface area contributed by atoms with Crippen LogP contribution < -0.4 is 10.4 Å². The molecular formula is C16H21NO2. The summed E-state index contributed by atoms with van der Waals surface area (Å²) < 4.78 is 1.40.